The van der Waals surface area contributed by atoms with Gasteiger partial charge in [0.15, 0.2) is 11.0 Å². The van der Waals surface area contributed by atoms with Gasteiger partial charge in [-0.2, -0.15) is 5.10 Å². The number of carbonyl (C=O) groups is 1. The van der Waals surface area contributed by atoms with E-state index in [9.17, 15) is 4.79 Å². The van der Waals surface area contributed by atoms with E-state index in [2.05, 4.69) is 20.6 Å². The fourth-order valence-electron chi connectivity index (χ4n) is 2.53. The number of nitrogens with one attached hydrogen (secondary N) is 1. The summed E-state index contributed by atoms with van der Waals surface area (Å²) in [5.41, 5.74) is 0.916. The number of hydrogen-bond donors (Lipinski definition) is 1. The van der Waals surface area contributed by atoms with Crippen LogP contribution in [-0.2, 0) is 11.8 Å². The van der Waals surface area contributed by atoms with Crippen LogP contribution in [0.15, 0.2) is 41.7 Å². The molecule has 0 bridgehead atoms. The molecule has 1 amide bonds. The maximum absolute atomic E-state index is 12.6. The molecule has 27 heavy (non-hydrogen) atoms. The second kappa shape index (κ2) is 8.14. The number of halogens is 1. The molecule has 0 saturated carbocycles. The summed E-state index contributed by atoms with van der Waals surface area (Å²) in [6, 6.07) is 9.36. The van der Waals surface area contributed by atoms with Crippen LogP contribution in [0.3, 0.4) is 0 Å². The molecule has 3 rings (SSSR count). The number of nitrogens with zero attached hydrogens (tertiary/aromatic N) is 5. The molecule has 1 unspecified atom stereocenters. The lowest BCUT2D eigenvalue weighted by molar-refractivity contribution is -0.115. The first-order valence-corrected chi connectivity index (χ1v) is 9.79. The van der Waals surface area contributed by atoms with E-state index in [1.165, 1.54) is 11.8 Å². The Bertz CT molecular complexity index is 934. The third-order valence-electron chi connectivity index (χ3n) is 4.00. The van der Waals surface area contributed by atoms with E-state index in [1.807, 2.05) is 56.7 Å². The summed E-state index contributed by atoms with van der Waals surface area (Å²) in [6.45, 7) is 5.87. The summed E-state index contributed by atoms with van der Waals surface area (Å²) >= 11 is 7.29. The minimum atomic E-state index is -0.346. The number of thioether (sulfide) groups is 1. The number of hydrogen-bond acceptors (Lipinski definition) is 5. The monoisotopic (exact) mass is 404 g/mol. The van der Waals surface area contributed by atoms with Gasteiger partial charge in [-0.1, -0.05) is 23.4 Å². The van der Waals surface area contributed by atoms with Crippen molar-refractivity contribution in [3.8, 4) is 11.4 Å². The van der Waals surface area contributed by atoms with Gasteiger partial charge < -0.3 is 9.88 Å². The third kappa shape index (κ3) is 4.33. The molecule has 3 aromatic rings. The molecule has 0 aliphatic heterocycles. The van der Waals surface area contributed by atoms with Gasteiger partial charge in [-0.05, 0) is 45.0 Å². The molecule has 0 radical (unpaired) electrons. The van der Waals surface area contributed by atoms with E-state index in [0.29, 0.717) is 16.0 Å². The SMILES string of the molecule is CC(Sc1nnc(-c2ccc(Cl)cc2)n1C)C(=O)Nc1ccnn1C(C)C. The number of benzene rings is 1. The maximum atomic E-state index is 12.6. The minimum Gasteiger partial charge on any atom is -0.310 e. The number of rotatable bonds is 6. The molecule has 0 spiro atoms. The Morgan fingerprint density at radius 1 is 1.15 bits per heavy atom. The quantitative estimate of drug-likeness (QED) is 0.627. The van der Waals surface area contributed by atoms with Crippen LogP contribution in [-0.4, -0.2) is 35.7 Å². The normalized spacial score (nSPS) is 12.4. The molecule has 9 heteroatoms. The molecular formula is C18H21ClN6OS. The number of aromatic nitrogens is 5. The summed E-state index contributed by atoms with van der Waals surface area (Å²) in [5.74, 6) is 1.29. The van der Waals surface area contributed by atoms with E-state index >= 15 is 0 Å². The molecule has 0 saturated heterocycles. The third-order valence-corrected chi connectivity index (χ3v) is 5.39. The van der Waals surface area contributed by atoms with Crippen LogP contribution in [0.1, 0.15) is 26.8 Å². The molecule has 0 aliphatic carbocycles. The molecular weight excluding hydrogens is 384 g/mol. The van der Waals surface area contributed by atoms with Gasteiger partial charge >= 0.3 is 0 Å². The van der Waals surface area contributed by atoms with Crippen molar-refractivity contribution >= 4 is 35.1 Å². The van der Waals surface area contributed by atoms with E-state index in [0.717, 1.165) is 11.4 Å². The van der Waals surface area contributed by atoms with Gasteiger partial charge in [0, 0.05) is 29.7 Å². The lowest BCUT2D eigenvalue weighted by Crippen LogP contribution is -2.25. The van der Waals surface area contributed by atoms with Gasteiger partial charge in [-0.25, -0.2) is 4.68 Å². The number of carbonyl (C=O) groups excluding carboxylic acids is 1. The van der Waals surface area contributed by atoms with E-state index in [4.69, 9.17) is 11.6 Å². The zero-order valence-corrected chi connectivity index (χ0v) is 17.1. The summed E-state index contributed by atoms with van der Waals surface area (Å²) in [6.07, 6.45) is 1.68. The van der Waals surface area contributed by atoms with Crippen LogP contribution in [0.25, 0.3) is 11.4 Å². The summed E-state index contributed by atoms with van der Waals surface area (Å²) in [4.78, 5) is 12.6. The Morgan fingerprint density at radius 2 is 1.85 bits per heavy atom. The molecule has 142 valence electrons. The fourth-order valence-corrected chi connectivity index (χ4v) is 3.47. The largest absolute Gasteiger partial charge is 0.310 e. The van der Waals surface area contributed by atoms with Gasteiger partial charge in [0.05, 0.1) is 11.4 Å². The Morgan fingerprint density at radius 3 is 2.52 bits per heavy atom. The van der Waals surface area contributed by atoms with Crippen molar-refractivity contribution in [2.75, 3.05) is 5.32 Å². The van der Waals surface area contributed by atoms with Crippen LogP contribution in [0.2, 0.25) is 5.02 Å². The van der Waals surface area contributed by atoms with Crippen molar-refractivity contribution in [3.63, 3.8) is 0 Å². The summed E-state index contributed by atoms with van der Waals surface area (Å²) < 4.78 is 3.65. The second-order valence-electron chi connectivity index (χ2n) is 6.38. The van der Waals surface area contributed by atoms with Crippen molar-refractivity contribution < 1.29 is 4.79 Å². The van der Waals surface area contributed by atoms with Crippen LogP contribution in [0.5, 0.6) is 0 Å². The topological polar surface area (TPSA) is 77.6 Å². The van der Waals surface area contributed by atoms with Crippen molar-refractivity contribution in [1.29, 1.82) is 0 Å². The van der Waals surface area contributed by atoms with E-state index in [1.54, 1.807) is 16.9 Å². The highest BCUT2D eigenvalue weighted by molar-refractivity contribution is 8.00. The minimum absolute atomic E-state index is 0.113. The molecule has 2 aromatic heterocycles. The Labute approximate surface area is 167 Å². The van der Waals surface area contributed by atoms with Gasteiger partial charge in [0.2, 0.25) is 5.91 Å². The van der Waals surface area contributed by atoms with Crippen LogP contribution in [0.4, 0.5) is 5.82 Å². The maximum Gasteiger partial charge on any atom is 0.238 e. The zero-order valence-electron chi connectivity index (χ0n) is 15.5. The number of amides is 1. The molecule has 1 N–H and O–H groups in total. The standard InChI is InChI=1S/C18H21ClN6OS/c1-11(2)25-15(9-10-20-25)21-17(26)12(3)27-18-23-22-16(24(18)4)13-5-7-14(19)8-6-13/h5-12H,1-4H3,(H,21,26). The van der Waals surface area contributed by atoms with Crippen LogP contribution in [0, 0.1) is 0 Å². The second-order valence-corrected chi connectivity index (χ2v) is 8.12. The fraction of sp³-hybridized carbons (Fsp3) is 0.333. The number of anilines is 1. The highest BCUT2D eigenvalue weighted by Gasteiger charge is 2.20. The Kier molecular flexibility index (Phi) is 5.86. The highest BCUT2D eigenvalue weighted by atomic mass is 35.5. The zero-order chi connectivity index (χ0) is 19.6. The molecule has 1 aromatic carbocycles. The predicted octanol–water partition coefficient (Wildman–Crippen LogP) is 4.03. The Hall–Kier alpha value is -2.32. The first-order chi connectivity index (χ1) is 12.9. The highest BCUT2D eigenvalue weighted by Crippen LogP contribution is 2.27. The predicted molar refractivity (Wildman–Crippen MR) is 108 cm³/mol. The molecule has 0 aliphatic rings. The Balaban J connectivity index is 1.70. The molecule has 1 atom stereocenters. The smallest absolute Gasteiger partial charge is 0.238 e. The first-order valence-electron chi connectivity index (χ1n) is 8.53. The van der Waals surface area contributed by atoms with E-state index < -0.39 is 0 Å². The lowest BCUT2D eigenvalue weighted by Gasteiger charge is -2.14. The van der Waals surface area contributed by atoms with Crippen molar-refractivity contribution in [3.05, 3.63) is 41.6 Å². The average molecular weight is 405 g/mol. The lowest BCUT2D eigenvalue weighted by atomic mass is 10.2. The summed E-state index contributed by atoms with van der Waals surface area (Å²) in [7, 11) is 1.88. The van der Waals surface area contributed by atoms with Crippen molar-refractivity contribution in [2.24, 2.45) is 7.05 Å². The van der Waals surface area contributed by atoms with Crippen molar-refractivity contribution in [2.45, 2.75) is 37.2 Å². The van der Waals surface area contributed by atoms with Crippen molar-refractivity contribution in [1.82, 2.24) is 24.5 Å². The molecule has 0 fully saturated rings. The van der Waals surface area contributed by atoms with E-state index in [-0.39, 0.29) is 17.2 Å². The summed E-state index contributed by atoms with van der Waals surface area (Å²) in [5, 5.41) is 16.6. The van der Waals surface area contributed by atoms with Crippen LogP contribution >= 0.6 is 23.4 Å². The van der Waals surface area contributed by atoms with Gasteiger partial charge in [-0.3, -0.25) is 4.79 Å². The van der Waals surface area contributed by atoms with Gasteiger partial charge in [-0.15, -0.1) is 10.2 Å². The van der Waals surface area contributed by atoms with Gasteiger partial charge in [0.1, 0.15) is 5.82 Å². The van der Waals surface area contributed by atoms with Crippen LogP contribution < -0.4 is 5.32 Å². The average Bonchev–Trinajstić information content (AvgIpc) is 3.23. The molecule has 2 heterocycles. The van der Waals surface area contributed by atoms with Gasteiger partial charge in [0.25, 0.3) is 0 Å². The molecule has 7 nitrogen and oxygen atoms in total. The first kappa shape index (κ1) is 19.4.